The quantitative estimate of drug-likeness (QED) is 0.807. The zero-order valence-corrected chi connectivity index (χ0v) is 12.6. The predicted octanol–water partition coefficient (Wildman–Crippen LogP) is 2.58. The maximum atomic E-state index is 12.8. The van der Waals surface area contributed by atoms with E-state index in [0.29, 0.717) is 32.0 Å². The summed E-state index contributed by atoms with van der Waals surface area (Å²) in [7, 11) is 0. The zero-order chi connectivity index (χ0) is 15.2. The molecule has 2 heterocycles. The first kappa shape index (κ1) is 15.6. The average Bonchev–Trinajstić information content (AvgIpc) is 3.13. The highest BCUT2D eigenvalue weighted by molar-refractivity contribution is 5.79. The Morgan fingerprint density at radius 1 is 1.57 bits per heavy atom. The molecule has 0 bridgehead atoms. The molecule has 2 atom stereocenters. The number of carbonyl (C=O) groups excluding carboxylic acids is 1. The van der Waals surface area contributed by atoms with E-state index in [1.54, 1.807) is 17.2 Å². The molecular weight excluding hydrogens is 268 g/mol. The fourth-order valence-electron chi connectivity index (χ4n) is 2.81. The molecular formula is C16H22N2O3. The van der Waals surface area contributed by atoms with E-state index in [-0.39, 0.29) is 17.9 Å². The van der Waals surface area contributed by atoms with Gasteiger partial charge in [-0.15, -0.1) is 0 Å². The lowest BCUT2D eigenvalue weighted by molar-refractivity contribution is -0.139. The van der Waals surface area contributed by atoms with Gasteiger partial charge in [-0.1, -0.05) is 13.8 Å². The summed E-state index contributed by atoms with van der Waals surface area (Å²) >= 11 is 0. The summed E-state index contributed by atoms with van der Waals surface area (Å²) in [5, 5.41) is 8.79. The van der Waals surface area contributed by atoms with E-state index in [1.807, 2.05) is 6.07 Å². The van der Waals surface area contributed by atoms with Gasteiger partial charge in [-0.25, -0.2) is 0 Å². The first-order chi connectivity index (χ1) is 10.1. The van der Waals surface area contributed by atoms with Crippen LogP contribution < -0.4 is 0 Å². The van der Waals surface area contributed by atoms with Gasteiger partial charge in [-0.2, -0.15) is 5.26 Å². The standard InChI is InChI=1S/C16H22N2O3/c1-12(2)15-14(6-10-21-15)16(19)18(8-4-7-17)11-13-5-3-9-20-13/h3,5,9,12,14-15H,4,6,8,10-11H2,1-2H3. The molecule has 5 heteroatoms. The van der Waals surface area contributed by atoms with E-state index >= 15 is 0 Å². The highest BCUT2D eigenvalue weighted by Gasteiger charge is 2.38. The van der Waals surface area contributed by atoms with Crippen LogP contribution in [0.4, 0.5) is 0 Å². The zero-order valence-electron chi connectivity index (χ0n) is 12.6. The van der Waals surface area contributed by atoms with Crippen LogP contribution >= 0.6 is 0 Å². The van der Waals surface area contributed by atoms with Crippen molar-refractivity contribution in [2.75, 3.05) is 13.2 Å². The Hall–Kier alpha value is -1.80. The Bertz CT molecular complexity index is 490. The van der Waals surface area contributed by atoms with Crippen LogP contribution in [0.15, 0.2) is 22.8 Å². The molecule has 1 fully saturated rings. The Morgan fingerprint density at radius 2 is 2.38 bits per heavy atom. The van der Waals surface area contributed by atoms with Crippen molar-refractivity contribution in [2.45, 2.75) is 39.3 Å². The van der Waals surface area contributed by atoms with E-state index in [2.05, 4.69) is 19.9 Å². The Labute approximate surface area is 125 Å². The number of carbonyl (C=O) groups is 1. The summed E-state index contributed by atoms with van der Waals surface area (Å²) < 4.78 is 11.0. The molecule has 1 aliphatic heterocycles. The summed E-state index contributed by atoms with van der Waals surface area (Å²) in [6.45, 7) is 5.61. The molecule has 0 N–H and O–H groups in total. The van der Waals surface area contributed by atoms with Crippen molar-refractivity contribution in [3.05, 3.63) is 24.2 Å². The number of amides is 1. The van der Waals surface area contributed by atoms with Crippen molar-refractivity contribution in [1.82, 2.24) is 4.90 Å². The molecule has 21 heavy (non-hydrogen) atoms. The van der Waals surface area contributed by atoms with E-state index in [0.717, 1.165) is 12.2 Å². The Balaban J connectivity index is 2.08. The normalized spacial score (nSPS) is 21.4. The summed E-state index contributed by atoms with van der Waals surface area (Å²) in [5.74, 6) is 1.00. The number of ether oxygens (including phenoxy) is 1. The third-order valence-corrected chi connectivity index (χ3v) is 3.84. The summed E-state index contributed by atoms with van der Waals surface area (Å²) in [4.78, 5) is 14.5. The van der Waals surface area contributed by atoms with Gasteiger partial charge in [0.05, 0.1) is 37.3 Å². The van der Waals surface area contributed by atoms with Crippen LogP contribution in [0.2, 0.25) is 0 Å². The topological polar surface area (TPSA) is 66.5 Å². The second-order valence-corrected chi connectivity index (χ2v) is 5.72. The van der Waals surface area contributed by atoms with Crippen LogP contribution in [0.25, 0.3) is 0 Å². The van der Waals surface area contributed by atoms with Gasteiger partial charge in [0.25, 0.3) is 0 Å². The van der Waals surface area contributed by atoms with Gasteiger partial charge < -0.3 is 14.1 Å². The number of furan rings is 1. The predicted molar refractivity (Wildman–Crippen MR) is 77.0 cm³/mol. The van der Waals surface area contributed by atoms with Crippen molar-refractivity contribution in [2.24, 2.45) is 11.8 Å². The monoisotopic (exact) mass is 290 g/mol. The molecule has 0 aromatic carbocycles. The molecule has 2 unspecified atom stereocenters. The van der Waals surface area contributed by atoms with E-state index in [1.165, 1.54) is 0 Å². The Kier molecular flexibility index (Phi) is 5.40. The lowest BCUT2D eigenvalue weighted by atomic mass is 9.91. The van der Waals surface area contributed by atoms with Crippen molar-refractivity contribution in [1.29, 1.82) is 5.26 Å². The first-order valence-electron chi connectivity index (χ1n) is 7.43. The molecule has 0 aliphatic carbocycles. The highest BCUT2D eigenvalue weighted by atomic mass is 16.5. The fraction of sp³-hybridized carbons (Fsp3) is 0.625. The lowest BCUT2D eigenvalue weighted by Gasteiger charge is -2.28. The third-order valence-electron chi connectivity index (χ3n) is 3.84. The molecule has 1 amide bonds. The fourth-order valence-corrected chi connectivity index (χ4v) is 2.81. The van der Waals surface area contributed by atoms with Crippen LogP contribution in [-0.2, 0) is 16.1 Å². The van der Waals surface area contributed by atoms with Crippen molar-refractivity contribution in [3.8, 4) is 6.07 Å². The minimum atomic E-state index is -0.112. The molecule has 2 rings (SSSR count). The number of nitriles is 1. The van der Waals surface area contributed by atoms with Crippen LogP contribution in [0, 0.1) is 23.2 Å². The van der Waals surface area contributed by atoms with Gasteiger partial charge in [-0.05, 0) is 24.5 Å². The lowest BCUT2D eigenvalue weighted by Crippen LogP contribution is -2.40. The molecule has 0 spiro atoms. The van der Waals surface area contributed by atoms with Crippen LogP contribution in [0.1, 0.15) is 32.4 Å². The summed E-state index contributed by atoms with van der Waals surface area (Å²) in [6.07, 6.45) is 2.64. The van der Waals surface area contributed by atoms with E-state index < -0.39 is 0 Å². The molecule has 0 saturated carbocycles. The van der Waals surface area contributed by atoms with Crippen molar-refractivity contribution < 1.29 is 13.9 Å². The van der Waals surface area contributed by atoms with Gasteiger partial charge in [0.2, 0.25) is 5.91 Å². The number of hydrogen-bond donors (Lipinski definition) is 0. The third kappa shape index (κ3) is 3.85. The maximum absolute atomic E-state index is 12.8. The van der Waals surface area contributed by atoms with Crippen LogP contribution in [-0.4, -0.2) is 30.1 Å². The second-order valence-electron chi connectivity index (χ2n) is 5.72. The Morgan fingerprint density at radius 3 is 3.00 bits per heavy atom. The largest absolute Gasteiger partial charge is 0.467 e. The van der Waals surface area contributed by atoms with Crippen molar-refractivity contribution in [3.63, 3.8) is 0 Å². The SMILES string of the molecule is CC(C)C1OCCC1C(=O)N(CCC#N)Cc1ccco1. The summed E-state index contributed by atoms with van der Waals surface area (Å²) in [6, 6.07) is 5.75. The van der Waals surface area contributed by atoms with Gasteiger partial charge >= 0.3 is 0 Å². The molecule has 1 aromatic rings. The minimum absolute atomic E-state index is 0.0290. The smallest absolute Gasteiger partial charge is 0.228 e. The molecule has 114 valence electrons. The van der Waals surface area contributed by atoms with E-state index in [4.69, 9.17) is 14.4 Å². The molecule has 1 aliphatic rings. The molecule has 5 nitrogen and oxygen atoms in total. The van der Waals surface area contributed by atoms with Gasteiger partial charge in [0.15, 0.2) is 0 Å². The van der Waals surface area contributed by atoms with Crippen LogP contribution in [0.5, 0.6) is 0 Å². The van der Waals surface area contributed by atoms with Crippen molar-refractivity contribution >= 4 is 5.91 Å². The second kappa shape index (κ2) is 7.28. The maximum Gasteiger partial charge on any atom is 0.228 e. The van der Waals surface area contributed by atoms with Gasteiger partial charge in [-0.3, -0.25) is 4.79 Å². The highest BCUT2D eigenvalue weighted by Crippen LogP contribution is 2.29. The number of hydrogen-bond acceptors (Lipinski definition) is 4. The van der Waals surface area contributed by atoms with Crippen LogP contribution in [0.3, 0.4) is 0 Å². The number of nitrogens with zero attached hydrogens (tertiary/aromatic N) is 2. The first-order valence-corrected chi connectivity index (χ1v) is 7.43. The number of rotatable bonds is 6. The van der Waals surface area contributed by atoms with E-state index in [9.17, 15) is 4.79 Å². The molecule has 0 radical (unpaired) electrons. The summed E-state index contributed by atoms with van der Waals surface area (Å²) in [5.41, 5.74) is 0. The molecule has 1 saturated heterocycles. The van der Waals surface area contributed by atoms with Gasteiger partial charge in [0, 0.05) is 13.2 Å². The molecule has 1 aromatic heterocycles. The average molecular weight is 290 g/mol. The van der Waals surface area contributed by atoms with Gasteiger partial charge in [0.1, 0.15) is 5.76 Å². The minimum Gasteiger partial charge on any atom is -0.467 e.